The molecule has 5 heteroatoms. The lowest BCUT2D eigenvalue weighted by molar-refractivity contribution is -0.437. The van der Waals surface area contributed by atoms with Gasteiger partial charge in [0.05, 0.1) is 30.8 Å². The molecule has 2 aromatic carbocycles. The van der Waals surface area contributed by atoms with E-state index in [0.717, 1.165) is 43.1 Å². The summed E-state index contributed by atoms with van der Waals surface area (Å²) in [5.41, 5.74) is 9.22. The second-order valence-corrected chi connectivity index (χ2v) is 12.2. The number of hydrogen-bond donors (Lipinski definition) is 0. The molecular formula is C35H43N2O3+. The molecular weight excluding hydrogens is 496 g/mol. The van der Waals surface area contributed by atoms with Gasteiger partial charge in [-0.3, -0.25) is 4.79 Å². The molecule has 210 valence electrons. The fraction of sp³-hybridized carbons (Fsp3) is 0.429. The number of rotatable bonds is 8. The molecule has 0 saturated carbocycles. The van der Waals surface area contributed by atoms with Gasteiger partial charge in [-0.05, 0) is 57.0 Å². The van der Waals surface area contributed by atoms with Crippen LogP contribution in [-0.4, -0.2) is 43.4 Å². The molecule has 3 aliphatic rings. The van der Waals surface area contributed by atoms with E-state index in [1.54, 1.807) is 14.2 Å². The third-order valence-electron chi connectivity index (χ3n) is 8.79. The summed E-state index contributed by atoms with van der Waals surface area (Å²) in [5.74, 6) is 1.55. The molecule has 0 bridgehead atoms. The average Bonchev–Trinajstić information content (AvgIpc) is 3.26. The molecule has 2 heterocycles. The van der Waals surface area contributed by atoms with Gasteiger partial charge in [-0.25, -0.2) is 0 Å². The topological polar surface area (TPSA) is 41.8 Å². The Kier molecular flexibility index (Phi) is 7.06. The highest BCUT2D eigenvalue weighted by Gasteiger charge is 2.47. The van der Waals surface area contributed by atoms with E-state index < -0.39 is 0 Å². The van der Waals surface area contributed by atoms with Crippen molar-refractivity contribution in [2.24, 2.45) is 0 Å². The molecule has 5 nitrogen and oxygen atoms in total. The van der Waals surface area contributed by atoms with Crippen LogP contribution in [0.15, 0.2) is 71.2 Å². The minimum Gasteiger partial charge on any atom is -0.497 e. The SMILES string of the molecule is CCCN1C(=CC2=C(OC)C(=CC3=[N+](CCC)c4ccc(OC)cc4C3(C)C)C2=O)C(C)(C)c2cc(C)ccc21. The summed E-state index contributed by atoms with van der Waals surface area (Å²) in [5, 5.41) is 0. The van der Waals surface area contributed by atoms with E-state index in [-0.39, 0.29) is 16.6 Å². The molecule has 0 atom stereocenters. The first kappa shape index (κ1) is 27.9. The van der Waals surface area contributed by atoms with Crippen LogP contribution in [0.2, 0.25) is 0 Å². The summed E-state index contributed by atoms with van der Waals surface area (Å²) in [6, 6.07) is 12.9. The van der Waals surface area contributed by atoms with Crippen LogP contribution in [0.1, 0.15) is 71.1 Å². The minimum absolute atomic E-state index is 0.0389. The molecule has 0 aromatic heterocycles. The smallest absolute Gasteiger partial charge is 0.210 e. The summed E-state index contributed by atoms with van der Waals surface area (Å²) >= 11 is 0. The van der Waals surface area contributed by atoms with Gasteiger partial charge in [0.2, 0.25) is 11.5 Å². The van der Waals surface area contributed by atoms with E-state index in [9.17, 15) is 4.79 Å². The Morgan fingerprint density at radius 2 is 1.65 bits per heavy atom. The molecule has 2 aromatic rings. The van der Waals surface area contributed by atoms with E-state index >= 15 is 0 Å². The van der Waals surface area contributed by atoms with Crippen molar-refractivity contribution < 1.29 is 18.8 Å². The summed E-state index contributed by atoms with van der Waals surface area (Å²) < 4.78 is 13.8. The largest absolute Gasteiger partial charge is 0.497 e. The number of fused-ring (bicyclic) bond motifs is 2. The summed E-state index contributed by atoms with van der Waals surface area (Å²) in [7, 11) is 3.37. The molecule has 0 unspecified atom stereocenters. The highest BCUT2D eigenvalue weighted by atomic mass is 16.5. The van der Waals surface area contributed by atoms with Crippen molar-refractivity contribution >= 4 is 22.9 Å². The number of aryl methyl sites for hydroxylation is 1. The first-order chi connectivity index (χ1) is 19.0. The minimum atomic E-state index is -0.287. The maximum absolute atomic E-state index is 13.8. The Morgan fingerprint density at radius 1 is 0.900 bits per heavy atom. The first-order valence-electron chi connectivity index (χ1n) is 14.5. The Balaban J connectivity index is 1.61. The molecule has 0 amide bonds. The number of carbonyl (C=O) groups is 1. The Labute approximate surface area is 239 Å². The van der Waals surface area contributed by atoms with Gasteiger partial charge >= 0.3 is 0 Å². The Bertz CT molecular complexity index is 1520. The maximum atomic E-state index is 13.8. The number of methoxy groups -OCH3 is 2. The molecule has 0 N–H and O–H groups in total. The second kappa shape index (κ2) is 10.1. The zero-order valence-corrected chi connectivity index (χ0v) is 25.6. The lowest BCUT2D eigenvalue weighted by Gasteiger charge is -2.30. The highest BCUT2D eigenvalue weighted by molar-refractivity contribution is 6.24. The van der Waals surface area contributed by atoms with Crippen LogP contribution in [0.5, 0.6) is 5.75 Å². The van der Waals surface area contributed by atoms with Crippen molar-refractivity contribution in [3.8, 4) is 5.75 Å². The van der Waals surface area contributed by atoms with Crippen LogP contribution in [-0.2, 0) is 20.4 Å². The van der Waals surface area contributed by atoms with Gasteiger partial charge in [0.25, 0.3) is 0 Å². The predicted octanol–water partition coefficient (Wildman–Crippen LogP) is 7.29. The van der Waals surface area contributed by atoms with Crippen molar-refractivity contribution in [3.63, 3.8) is 0 Å². The number of benzene rings is 2. The van der Waals surface area contributed by atoms with E-state index in [4.69, 9.17) is 9.47 Å². The van der Waals surface area contributed by atoms with Crippen molar-refractivity contribution in [1.29, 1.82) is 0 Å². The Hall–Kier alpha value is -3.60. The van der Waals surface area contributed by atoms with E-state index in [2.05, 4.69) is 100 Å². The zero-order valence-electron chi connectivity index (χ0n) is 25.6. The van der Waals surface area contributed by atoms with E-state index in [1.165, 1.54) is 28.1 Å². The number of allylic oxidation sites excluding steroid dienone is 5. The molecule has 1 aliphatic carbocycles. The van der Waals surface area contributed by atoms with Crippen LogP contribution >= 0.6 is 0 Å². The number of ether oxygens (including phenoxy) is 2. The van der Waals surface area contributed by atoms with Crippen molar-refractivity contribution in [2.45, 2.75) is 72.1 Å². The fourth-order valence-corrected chi connectivity index (χ4v) is 6.61. The highest BCUT2D eigenvalue weighted by Crippen LogP contribution is 2.50. The summed E-state index contributed by atoms with van der Waals surface area (Å²) in [6.07, 6.45) is 6.15. The predicted molar refractivity (Wildman–Crippen MR) is 163 cm³/mol. The molecule has 0 fully saturated rings. The molecule has 40 heavy (non-hydrogen) atoms. The molecule has 2 aliphatic heterocycles. The van der Waals surface area contributed by atoms with E-state index in [0.29, 0.717) is 16.9 Å². The number of ketones is 1. The summed E-state index contributed by atoms with van der Waals surface area (Å²) in [6.45, 7) is 17.2. The second-order valence-electron chi connectivity index (χ2n) is 12.2. The number of Topliss-reactive ketones (excluding diaryl/α,β-unsaturated/α-hetero) is 1. The summed E-state index contributed by atoms with van der Waals surface area (Å²) in [4.78, 5) is 16.2. The maximum Gasteiger partial charge on any atom is 0.210 e. The normalized spacial score (nSPS) is 20.8. The fourth-order valence-electron chi connectivity index (χ4n) is 6.61. The number of nitrogens with zero attached hydrogens (tertiary/aromatic N) is 2. The van der Waals surface area contributed by atoms with Crippen molar-refractivity contribution in [1.82, 2.24) is 0 Å². The van der Waals surface area contributed by atoms with Crippen LogP contribution in [0.4, 0.5) is 11.4 Å². The monoisotopic (exact) mass is 539 g/mol. The van der Waals surface area contributed by atoms with Gasteiger partial charge in [0.1, 0.15) is 18.1 Å². The lowest BCUT2D eigenvalue weighted by Crippen LogP contribution is -2.32. The molecule has 0 radical (unpaired) electrons. The Morgan fingerprint density at radius 3 is 2.30 bits per heavy atom. The van der Waals surface area contributed by atoms with Gasteiger partial charge < -0.3 is 14.4 Å². The number of anilines is 1. The number of carbonyl (C=O) groups excluding carboxylic acids is 1. The molecule has 0 saturated heterocycles. The van der Waals surface area contributed by atoms with Crippen molar-refractivity contribution in [3.05, 3.63) is 87.8 Å². The van der Waals surface area contributed by atoms with Crippen LogP contribution < -0.4 is 9.64 Å². The van der Waals surface area contributed by atoms with Gasteiger partial charge in [-0.15, -0.1) is 0 Å². The number of hydrogen-bond acceptors (Lipinski definition) is 4. The van der Waals surface area contributed by atoms with Crippen molar-refractivity contribution in [2.75, 3.05) is 32.2 Å². The van der Waals surface area contributed by atoms with Gasteiger partial charge in [-0.2, -0.15) is 4.58 Å². The lowest BCUT2D eigenvalue weighted by atomic mass is 9.77. The molecule has 5 rings (SSSR count). The van der Waals surface area contributed by atoms with Crippen LogP contribution in [0, 0.1) is 6.92 Å². The third-order valence-corrected chi connectivity index (χ3v) is 8.79. The van der Waals surface area contributed by atoms with Gasteiger partial charge in [0.15, 0.2) is 5.71 Å². The third kappa shape index (κ3) is 4.13. The first-order valence-corrected chi connectivity index (χ1v) is 14.5. The molecule has 0 spiro atoms. The van der Waals surface area contributed by atoms with Crippen LogP contribution in [0.3, 0.4) is 0 Å². The van der Waals surface area contributed by atoms with Gasteiger partial charge in [-0.1, -0.05) is 45.4 Å². The van der Waals surface area contributed by atoms with Crippen LogP contribution in [0.25, 0.3) is 0 Å². The average molecular weight is 540 g/mol. The van der Waals surface area contributed by atoms with Gasteiger partial charge in [0, 0.05) is 47.5 Å². The standard InChI is InChI=1S/C35H43N2O3/c1-10-16-36-28-14-12-22(3)18-26(28)34(4,5)30(36)20-24-32(38)25(33(24)40-9)21-31-35(6,7)27-19-23(39-8)13-15-29(27)37(31)17-11-2/h12-15,18-21H,10-11,16-17H2,1-9H3/q+1. The quantitative estimate of drug-likeness (QED) is 0.261. The zero-order chi connectivity index (χ0) is 29.0. The van der Waals surface area contributed by atoms with E-state index in [1.807, 2.05) is 6.07 Å².